The van der Waals surface area contributed by atoms with Gasteiger partial charge in [0.2, 0.25) is 0 Å². The van der Waals surface area contributed by atoms with E-state index in [0.29, 0.717) is 23.5 Å². The predicted octanol–water partition coefficient (Wildman–Crippen LogP) is 4.67. The molecule has 0 saturated heterocycles. The molecule has 132 valence electrons. The van der Waals surface area contributed by atoms with Gasteiger partial charge in [0, 0.05) is 13.5 Å². The van der Waals surface area contributed by atoms with Gasteiger partial charge >= 0.3 is 0 Å². The van der Waals surface area contributed by atoms with E-state index in [-0.39, 0.29) is 17.4 Å². The van der Waals surface area contributed by atoms with Crippen molar-refractivity contribution < 1.29 is 13.6 Å². The zero-order valence-corrected chi connectivity index (χ0v) is 14.8. The number of aryl methyl sites for hydroxylation is 1. The first kappa shape index (κ1) is 16.5. The second-order valence-electron chi connectivity index (χ2n) is 5.89. The van der Waals surface area contributed by atoms with Gasteiger partial charge in [-0.3, -0.25) is 9.48 Å². The molecule has 3 aromatic rings. The average Bonchev–Trinajstić information content (AvgIpc) is 3.36. The minimum Gasteiger partial charge on any atom is -0.463 e. The molecule has 0 spiro atoms. The molecular formula is C19H16FN3O2S. The van der Waals surface area contributed by atoms with Crippen molar-refractivity contribution in [3.8, 4) is 22.0 Å². The van der Waals surface area contributed by atoms with Crippen molar-refractivity contribution in [2.45, 2.75) is 12.8 Å². The number of rotatable bonds is 4. The molecule has 3 aromatic heterocycles. The number of furan rings is 1. The zero-order valence-electron chi connectivity index (χ0n) is 14.0. The Morgan fingerprint density at radius 2 is 2.27 bits per heavy atom. The van der Waals surface area contributed by atoms with E-state index < -0.39 is 0 Å². The smallest absolute Gasteiger partial charge is 0.265 e. The van der Waals surface area contributed by atoms with E-state index in [1.165, 1.54) is 11.3 Å². The summed E-state index contributed by atoms with van der Waals surface area (Å²) < 4.78 is 20.9. The van der Waals surface area contributed by atoms with Crippen LogP contribution in [-0.4, -0.2) is 15.7 Å². The number of carbonyl (C=O) groups is 1. The number of aromatic nitrogens is 2. The molecule has 7 heteroatoms. The van der Waals surface area contributed by atoms with Gasteiger partial charge in [-0.15, -0.1) is 11.3 Å². The van der Waals surface area contributed by atoms with E-state index in [2.05, 4.69) is 10.4 Å². The molecule has 0 radical (unpaired) electrons. The van der Waals surface area contributed by atoms with E-state index in [9.17, 15) is 9.18 Å². The Balaban J connectivity index is 1.57. The van der Waals surface area contributed by atoms with E-state index in [4.69, 9.17) is 4.42 Å². The Bertz CT molecular complexity index is 1010. The summed E-state index contributed by atoms with van der Waals surface area (Å²) in [5.41, 5.74) is 1.85. The molecule has 0 fully saturated rings. The largest absolute Gasteiger partial charge is 0.463 e. The molecule has 1 aliphatic rings. The maximum atomic E-state index is 13.8. The number of hydrogen-bond donors (Lipinski definition) is 1. The second kappa shape index (κ2) is 6.76. The van der Waals surface area contributed by atoms with Crippen LogP contribution in [0.1, 0.15) is 22.5 Å². The van der Waals surface area contributed by atoms with Crippen LogP contribution in [-0.2, 0) is 7.05 Å². The summed E-state index contributed by atoms with van der Waals surface area (Å²) in [7, 11) is 1.84. The first-order valence-electron chi connectivity index (χ1n) is 8.16. The van der Waals surface area contributed by atoms with E-state index in [1.54, 1.807) is 23.1 Å². The van der Waals surface area contributed by atoms with Gasteiger partial charge in [0.1, 0.15) is 11.5 Å². The van der Waals surface area contributed by atoms with Crippen molar-refractivity contribution in [3.63, 3.8) is 0 Å². The van der Waals surface area contributed by atoms with Gasteiger partial charge in [0.15, 0.2) is 5.76 Å². The van der Waals surface area contributed by atoms with Crippen molar-refractivity contribution in [1.82, 2.24) is 15.1 Å². The van der Waals surface area contributed by atoms with E-state index in [0.717, 1.165) is 16.3 Å². The van der Waals surface area contributed by atoms with Crippen molar-refractivity contribution in [2.24, 2.45) is 7.05 Å². The van der Waals surface area contributed by atoms with Gasteiger partial charge in [-0.2, -0.15) is 5.10 Å². The number of nitrogens with one attached hydrogen (secondary N) is 1. The number of thiophene rings is 1. The minimum atomic E-state index is -0.314. The maximum absolute atomic E-state index is 13.8. The highest BCUT2D eigenvalue weighted by Crippen LogP contribution is 2.31. The number of halogens is 1. The fourth-order valence-electron chi connectivity index (χ4n) is 2.77. The highest BCUT2D eigenvalue weighted by molar-refractivity contribution is 7.17. The quantitative estimate of drug-likeness (QED) is 0.727. The van der Waals surface area contributed by atoms with Crippen LogP contribution in [0, 0.1) is 0 Å². The molecular weight excluding hydrogens is 353 g/mol. The van der Waals surface area contributed by atoms with Gasteiger partial charge in [0.05, 0.1) is 27.4 Å². The molecule has 4 rings (SSSR count). The molecule has 26 heavy (non-hydrogen) atoms. The van der Waals surface area contributed by atoms with Gasteiger partial charge in [-0.25, -0.2) is 4.39 Å². The number of hydrogen-bond acceptors (Lipinski definition) is 4. The number of amides is 1. The molecule has 0 aromatic carbocycles. The molecule has 0 unspecified atom stereocenters. The zero-order chi connectivity index (χ0) is 18.1. The van der Waals surface area contributed by atoms with Crippen LogP contribution in [0.25, 0.3) is 22.0 Å². The number of nitrogens with zero attached hydrogens (tertiary/aromatic N) is 2. The molecule has 3 heterocycles. The molecule has 5 nitrogen and oxygen atoms in total. The highest BCUT2D eigenvalue weighted by atomic mass is 32.1. The third-order valence-electron chi connectivity index (χ3n) is 4.09. The minimum absolute atomic E-state index is 0.247. The third-order valence-corrected chi connectivity index (χ3v) is 5.20. The molecule has 1 amide bonds. The number of carbonyl (C=O) groups excluding carboxylic acids is 1. The predicted molar refractivity (Wildman–Crippen MR) is 98.2 cm³/mol. The fraction of sp³-hybridized carbons (Fsp3) is 0.158. The van der Waals surface area contributed by atoms with Crippen molar-refractivity contribution in [3.05, 3.63) is 65.1 Å². The van der Waals surface area contributed by atoms with Crippen LogP contribution in [0.5, 0.6) is 0 Å². The summed E-state index contributed by atoms with van der Waals surface area (Å²) in [5, 5.41) is 7.09. The topological polar surface area (TPSA) is 60.1 Å². The first-order chi connectivity index (χ1) is 12.6. The summed E-state index contributed by atoms with van der Waals surface area (Å²) >= 11 is 1.34. The lowest BCUT2D eigenvalue weighted by Gasteiger charge is -2.10. The monoisotopic (exact) mass is 369 g/mol. The lowest BCUT2D eigenvalue weighted by atomic mass is 10.1. The van der Waals surface area contributed by atoms with E-state index in [1.807, 2.05) is 37.4 Å². The average molecular weight is 369 g/mol. The second-order valence-corrected chi connectivity index (χ2v) is 6.98. The van der Waals surface area contributed by atoms with Gasteiger partial charge in [0.25, 0.3) is 5.91 Å². The van der Waals surface area contributed by atoms with Crippen molar-refractivity contribution in [1.29, 1.82) is 0 Å². The summed E-state index contributed by atoms with van der Waals surface area (Å²) in [6.07, 6.45) is 6.05. The Hall–Kier alpha value is -2.93. The molecule has 1 aliphatic carbocycles. The SMILES string of the molecule is Cn1nc(-c2ccco2)cc1-c1ccc(C(=O)NC2=C(F)CCC=C2)s1. The maximum Gasteiger partial charge on any atom is 0.265 e. The van der Waals surface area contributed by atoms with Crippen LogP contribution >= 0.6 is 11.3 Å². The lowest BCUT2D eigenvalue weighted by Crippen LogP contribution is -2.22. The first-order valence-corrected chi connectivity index (χ1v) is 8.98. The van der Waals surface area contributed by atoms with Crippen LogP contribution in [0.15, 0.2) is 64.7 Å². The summed E-state index contributed by atoms with van der Waals surface area (Å²) in [6, 6.07) is 9.17. The third kappa shape index (κ3) is 3.13. The Morgan fingerprint density at radius 3 is 3.04 bits per heavy atom. The molecule has 0 bridgehead atoms. The molecule has 1 N–H and O–H groups in total. The van der Waals surface area contributed by atoms with Crippen LogP contribution in [0.3, 0.4) is 0 Å². The summed E-state index contributed by atoms with van der Waals surface area (Å²) in [4.78, 5) is 13.8. The summed E-state index contributed by atoms with van der Waals surface area (Å²) in [5.74, 6) is 0.0894. The van der Waals surface area contributed by atoms with Gasteiger partial charge in [-0.05, 0) is 42.8 Å². The number of allylic oxidation sites excluding steroid dienone is 3. The molecule has 0 saturated carbocycles. The Morgan fingerprint density at radius 1 is 1.38 bits per heavy atom. The van der Waals surface area contributed by atoms with E-state index >= 15 is 0 Å². The lowest BCUT2D eigenvalue weighted by molar-refractivity contribution is 0.0969. The standard InChI is InChI=1S/C19H16FN3O2S/c1-23-15(11-14(22-23)16-7-4-10-25-16)17-8-9-18(26-17)19(24)21-13-6-3-2-5-12(13)20/h3-4,6-11H,2,5H2,1H3,(H,21,24). The van der Waals surface area contributed by atoms with Gasteiger partial charge in [-0.1, -0.05) is 6.08 Å². The Kier molecular flexibility index (Phi) is 4.30. The normalized spacial score (nSPS) is 14.1. The van der Waals surface area contributed by atoms with Gasteiger partial charge < -0.3 is 9.73 Å². The van der Waals surface area contributed by atoms with Crippen molar-refractivity contribution >= 4 is 17.2 Å². The van der Waals surface area contributed by atoms with Crippen LogP contribution < -0.4 is 5.32 Å². The highest BCUT2D eigenvalue weighted by Gasteiger charge is 2.17. The van der Waals surface area contributed by atoms with Crippen LogP contribution in [0.4, 0.5) is 4.39 Å². The summed E-state index contributed by atoms with van der Waals surface area (Å²) in [6.45, 7) is 0. The molecule has 0 atom stereocenters. The molecule has 0 aliphatic heterocycles. The van der Waals surface area contributed by atoms with Crippen molar-refractivity contribution in [2.75, 3.05) is 0 Å². The van der Waals surface area contributed by atoms with Crippen LogP contribution in [0.2, 0.25) is 0 Å². The Labute approximate surface area is 153 Å². The fourth-order valence-corrected chi connectivity index (χ4v) is 3.72.